The van der Waals surface area contributed by atoms with E-state index < -0.39 is 0 Å². The van der Waals surface area contributed by atoms with Gasteiger partial charge in [0.1, 0.15) is 6.04 Å². The molecule has 5 heteroatoms. The lowest BCUT2D eigenvalue weighted by molar-refractivity contribution is -0.140. The minimum absolute atomic E-state index is 0.0409. The average Bonchev–Trinajstić information content (AvgIpc) is 2.79. The van der Waals surface area contributed by atoms with Crippen molar-refractivity contribution in [2.24, 2.45) is 5.92 Å². The quantitative estimate of drug-likeness (QED) is 0.804. The van der Waals surface area contributed by atoms with E-state index in [1.165, 1.54) is 5.56 Å². The van der Waals surface area contributed by atoms with Gasteiger partial charge in [-0.25, -0.2) is 0 Å². The van der Waals surface area contributed by atoms with Crippen molar-refractivity contribution in [3.05, 3.63) is 71.3 Å². The molecule has 2 atom stereocenters. The van der Waals surface area contributed by atoms with Crippen LogP contribution < -0.4 is 5.32 Å². The van der Waals surface area contributed by atoms with E-state index >= 15 is 0 Å². The van der Waals surface area contributed by atoms with Crippen molar-refractivity contribution in [1.82, 2.24) is 15.1 Å². The second kappa shape index (κ2) is 9.65. The molecule has 0 spiro atoms. The Balaban J connectivity index is 1.50. The molecule has 0 aromatic heterocycles. The summed E-state index contributed by atoms with van der Waals surface area (Å²) in [4.78, 5) is 30.6. The van der Waals surface area contributed by atoms with Crippen molar-refractivity contribution in [2.75, 3.05) is 26.2 Å². The molecule has 5 nitrogen and oxygen atoms in total. The maximum Gasteiger partial charge on any atom is 0.244 e. The van der Waals surface area contributed by atoms with E-state index in [0.717, 1.165) is 43.5 Å². The molecular weight excluding hydrogens is 386 g/mol. The Labute approximate surface area is 185 Å². The van der Waals surface area contributed by atoms with E-state index in [4.69, 9.17) is 0 Å². The molecule has 4 rings (SSSR count). The van der Waals surface area contributed by atoms with E-state index in [0.29, 0.717) is 12.5 Å². The lowest BCUT2D eigenvalue weighted by atomic mass is 9.90. The summed E-state index contributed by atoms with van der Waals surface area (Å²) >= 11 is 0. The van der Waals surface area contributed by atoms with Crippen LogP contribution in [0.3, 0.4) is 0 Å². The van der Waals surface area contributed by atoms with Crippen LogP contribution in [0.15, 0.2) is 54.6 Å². The molecule has 2 aliphatic heterocycles. The maximum atomic E-state index is 13.6. The molecule has 1 fully saturated rings. The molecule has 164 valence electrons. The zero-order valence-corrected chi connectivity index (χ0v) is 18.6. The number of hydrogen-bond acceptors (Lipinski definition) is 3. The predicted molar refractivity (Wildman–Crippen MR) is 122 cm³/mol. The summed E-state index contributed by atoms with van der Waals surface area (Å²) in [6.45, 7) is 6.81. The second-order valence-electron chi connectivity index (χ2n) is 9.03. The number of benzene rings is 2. The molecule has 0 bridgehead atoms. The first-order valence-corrected chi connectivity index (χ1v) is 11.5. The minimum Gasteiger partial charge on any atom is -0.348 e. The molecule has 2 aromatic rings. The molecule has 2 aliphatic rings. The standard InChI is InChI=1S/C26H33N3O2/c1-19-12-15-28(16-13-19)26(31)25-23-11-7-6-10-22(23)14-17-29(25)18-24(30)27-20(2)21-8-4-3-5-9-21/h3-11,19-20,25H,12-18H2,1-2H3,(H,27,30)/t20-,25+/m1/s1. The molecule has 0 saturated carbocycles. The summed E-state index contributed by atoms with van der Waals surface area (Å²) < 4.78 is 0. The number of likely N-dealkylation sites (tertiary alicyclic amines) is 1. The average molecular weight is 420 g/mol. The summed E-state index contributed by atoms with van der Waals surface area (Å²) in [5.41, 5.74) is 3.36. The predicted octanol–water partition coefficient (Wildman–Crippen LogP) is 3.72. The van der Waals surface area contributed by atoms with Crippen LogP contribution in [0.4, 0.5) is 0 Å². The fraction of sp³-hybridized carbons (Fsp3) is 0.462. The van der Waals surface area contributed by atoms with Crippen LogP contribution in [-0.4, -0.2) is 47.8 Å². The highest BCUT2D eigenvalue weighted by Gasteiger charge is 2.37. The molecule has 2 amide bonds. The number of rotatable bonds is 5. The molecule has 2 heterocycles. The Morgan fingerprint density at radius 3 is 2.42 bits per heavy atom. The smallest absolute Gasteiger partial charge is 0.244 e. The van der Waals surface area contributed by atoms with Crippen LogP contribution >= 0.6 is 0 Å². The SMILES string of the molecule is CC1CCN(C(=O)[C@@H]2c3ccccc3CCN2CC(=O)N[C@H](C)c2ccccc2)CC1. The largest absolute Gasteiger partial charge is 0.348 e. The number of carbonyl (C=O) groups is 2. The summed E-state index contributed by atoms with van der Waals surface area (Å²) in [6, 6.07) is 17.7. The number of nitrogens with zero attached hydrogens (tertiary/aromatic N) is 2. The van der Waals surface area contributed by atoms with E-state index in [1.807, 2.05) is 54.3 Å². The Morgan fingerprint density at radius 1 is 1.00 bits per heavy atom. The van der Waals surface area contributed by atoms with Gasteiger partial charge in [0.15, 0.2) is 0 Å². The first-order valence-electron chi connectivity index (χ1n) is 11.5. The highest BCUT2D eigenvalue weighted by Crippen LogP contribution is 2.32. The molecule has 31 heavy (non-hydrogen) atoms. The fourth-order valence-corrected chi connectivity index (χ4v) is 4.78. The summed E-state index contributed by atoms with van der Waals surface area (Å²) in [7, 11) is 0. The van der Waals surface area contributed by atoms with Gasteiger partial charge in [-0.15, -0.1) is 0 Å². The van der Waals surface area contributed by atoms with Gasteiger partial charge < -0.3 is 10.2 Å². The Hall–Kier alpha value is -2.66. The van der Waals surface area contributed by atoms with E-state index in [-0.39, 0.29) is 30.4 Å². The third-order valence-corrected chi connectivity index (χ3v) is 6.74. The normalized spacial score (nSPS) is 20.7. The van der Waals surface area contributed by atoms with Crippen LogP contribution in [-0.2, 0) is 16.0 Å². The van der Waals surface area contributed by atoms with Crippen LogP contribution in [0.25, 0.3) is 0 Å². The fourth-order valence-electron chi connectivity index (χ4n) is 4.78. The Kier molecular flexibility index (Phi) is 6.71. The highest BCUT2D eigenvalue weighted by molar-refractivity contribution is 5.86. The summed E-state index contributed by atoms with van der Waals surface area (Å²) in [6.07, 6.45) is 2.96. The zero-order valence-electron chi connectivity index (χ0n) is 18.6. The Morgan fingerprint density at radius 2 is 1.68 bits per heavy atom. The molecule has 0 aliphatic carbocycles. The van der Waals surface area contributed by atoms with Gasteiger partial charge in [-0.1, -0.05) is 61.5 Å². The number of nitrogens with one attached hydrogen (secondary N) is 1. The second-order valence-corrected chi connectivity index (χ2v) is 9.03. The van der Waals surface area contributed by atoms with Crippen LogP contribution in [0.2, 0.25) is 0 Å². The van der Waals surface area contributed by atoms with Crippen molar-refractivity contribution in [3.63, 3.8) is 0 Å². The van der Waals surface area contributed by atoms with Gasteiger partial charge in [0.25, 0.3) is 0 Å². The Bertz CT molecular complexity index is 906. The topological polar surface area (TPSA) is 52.7 Å². The van der Waals surface area contributed by atoms with E-state index in [2.05, 4.69) is 29.3 Å². The lowest BCUT2D eigenvalue weighted by Gasteiger charge is -2.40. The first-order chi connectivity index (χ1) is 15.0. The number of fused-ring (bicyclic) bond motifs is 1. The van der Waals surface area contributed by atoms with Crippen LogP contribution in [0.5, 0.6) is 0 Å². The van der Waals surface area contributed by atoms with Gasteiger partial charge >= 0.3 is 0 Å². The molecule has 0 radical (unpaired) electrons. The van der Waals surface area contributed by atoms with Crippen molar-refractivity contribution < 1.29 is 9.59 Å². The van der Waals surface area contributed by atoms with Crippen molar-refractivity contribution in [3.8, 4) is 0 Å². The number of piperidine rings is 1. The van der Waals surface area contributed by atoms with Crippen molar-refractivity contribution in [1.29, 1.82) is 0 Å². The van der Waals surface area contributed by atoms with E-state index in [9.17, 15) is 9.59 Å². The summed E-state index contributed by atoms with van der Waals surface area (Å²) in [5.74, 6) is 0.771. The molecule has 0 unspecified atom stereocenters. The van der Waals surface area contributed by atoms with Gasteiger partial charge in [-0.3, -0.25) is 14.5 Å². The van der Waals surface area contributed by atoms with Gasteiger partial charge in [-0.05, 0) is 48.8 Å². The zero-order chi connectivity index (χ0) is 21.8. The van der Waals surface area contributed by atoms with Crippen molar-refractivity contribution >= 4 is 11.8 Å². The summed E-state index contributed by atoms with van der Waals surface area (Å²) in [5, 5.41) is 3.11. The van der Waals surface area contributed by atoms with Gasteiger partial charge in [0.2, 0.25) is 11.8 Å². The van der Waals surface area contributed by atoms with Gasteiger partial charge in [0.05, 0.1) is 12.6 Å². The third kappa shape index (κ3) is 4.99. The minimum atomic E-state index is -0.379. The lowest BCUT2D eigenvalue weighted by Crippen LogP contribution is -2.50. The van der Waals surface area contributed by atoms with Gasteiger partial charge in [-0.2, -0.15) is 0 Å². The van der Waals surface area contributed by atoms with Crippen LogP contribution in [0, 0.1) is 5.92 Å². The monoisotopic (exact) mass is 419 g/mol. The molecule has 1 N–H and O–H groups in total. The number of amides is 2. The number of hydrogen-bond donors (Lipinski definition) is 1. The molecule has 2 aromatic carbocycles. The van der Waals surface area contributed by atoms with Crippen LogP contribution in [0.1, 0.15) is 55.5 Å². The van der Waals surface area contributed by atoms with Gasteiger partial charge in [0, 0.05) is 19.6 Å². The highest BCUT2D eigenvalue weighted by atomic mass is 16.2. The first kappa shape index (κ1) is 21.6. The molecular formula is C26H33N3O2. The third-order valence-electron chi connectivity index (χ3n) is 6.74. The van der Waals surface area contributed by atoms with E-state index in [1.54, 1.807) is 0 Å². The maximum absolute atomic E-state index is 13.6. The number of carbonyl (C=O) groups excluding carboxylic acids is 2. The molecule has 1 saturated heterocycles. The van der Waals surface area contributed by atoms with Crippen molar-refractivity contribution in [2.45, 2.75) is 45.2 Å².